The van der Waals surface area contributed by atoms with Gasteiger partial charge in [-0.15, -0.1) is 0 Å². The molecule has 4 heteroatoms. The molecule has 0 spiro atoms. The van der Waals surface area contributed by atoms with Gasteiger partial charge in [0.15, 0.2) is 0 Å². The molecule has 0 saturated heterocycles. The molecule has 2 aromatic carbocycles. The number of esters is 1. The number of fused-ring (bicyclic) bond motifs is 1. The molecule has 0 fully saturated rings. The quantitative estimate of drug-likeness (QED) is 0.693. The van der Waals surface area contributed by atoms with Gasteiger partial charge in [0.2, 0.25) is 0 Å². The van der Waals surface area contributed by atoms with E-state index in [1.54, 1.807) is 0 Å². The van der Waals surface area contributed by atoms with E-state index in [-0.39, 0.29) is 5.97 Å². The summed E-state index contributed by atoms with van der Waals surface area (Å²) in [6.07, 6.45) is 0.677. The molecule has 0 aliphatic rings. The zero-order valence-corrected chi connectivity index (χ0v) is 12.7. The number of hydrogen-bond donors (Lipinski definition) is 0. The van der Waals surface area contributed by atoms with Gasteiger partial charge < -0.3 is 9.30 Å². The minimum Gasteiger partial charge on any atom is -0.467 e. The molecule has 112 valence electrons. The number of methoxy groups -OCH3 is 1. The summed E-state index contributed by atoms with van der Waals surface area (Å²) < 4.78 is 6.87. The molecular weight excluding hydrogens is 276 g/mol. The van der Waals surface area contributed by atoms with Crippen molar-refractivity contribution in [3.8, 4) is 0 Å². The average Bonchev–Trinajstić information content (AvgIpc) is 2.92. The third kappa shape index (κ3) is 2.60. The summed E-state index contributed by atoms with van der Waals surface area (Å²) >= 11 is 0. The van der Waals surface area contributed by atoms with Crippen LogP contribution in [-0.2, 0) is 16.0 Å². The van der Waals surface area contributed by atoms with E-state index < -0.39 is 6.04 Å². The first-order chi connectivity index (χ1) is 10.7. The lowest BCUT2D eigenvalue weighted by Gasteiger charge is -2.15. The zero-order valence-electron chi connectivity index (χ0n) is 12.7. The number of hydrogen-bond acceptors (Lipinski definition) is 3. The monoisotopic (exact) mass is 294 g/mol. The minimum absolute atomic E-state index is 0.266. The van der Waals surface area contributed by atoms with Crippen molar-refractivity contribution < 1.29 is 9.53 Å². The van der Waals surface area contributed by atoms with Gasteiger partial charge in [0, 0.05) is 6.42 Å². The molecule has 1 aromatic heterocycles. The number of aromatic nitrogens is 2. The molecular formula is C18H18N2O2. The largest absolute Gasteiger partial charge is 0.467 e. The zero-order chi connectivity index (χ0) is 15.5. The fourth-order valence-electron chi connectivity index (χ4n) is 2.71. The maximum atomic E-state index is 12.0. The van der Waals surface area contributed by atoms with Gasteiger partial charge in [0.05, 0.1) is 18.1 Å². The van der Waals surface area contributed by atoms with Crippen molar-refractivity contribution in [1.82, 2.24) is 9.55 Å². The molecule has 22 heavy (non-hydrogen) atoms. The Balaban J connectivity index is 2.10. The third-order valence-electron chi connectivity index (χ3n) is 3.80. The number of rotatable bonds is 4. The van der Waals surface area contributed by atoms with E-state index in [1.807, 2.05) is 54.0 Å². The maximum Gasteiger partial charge on any atom is 0.328 e. The van der Waals surface area contributed by atoms with Crippen LogP contribution in [-0.4, -0.2) is 22.6 Å². The highest BCUT2D eigenvalue weighted by Crippen LogP contribution is 2.23. The van der Waals surface area contributed by atoms with Gasteiger partial charge in [0.1, 0.15) is 11.9 Å². The van der Waals surface area contributed by atoms with E-state index in [9.17, 15) is 4.79 Å². The lowest BCUT2D eigenvalue weighted by atomic mass is 10.1. The fraction of sp³-hybridized carbons (Fsp3) is 0.222. The summed E-state index contributed by atoms with van der Waals surface area (Å²) in [5.74, 6) is 0.600. The second kappa shape index (κ2) is 6.02. The molecule has 3 aromatic rings. The van der Waals surface area contributed by atoms with E-state index in [0.717, 1.165) is 22.4 Å². The van der Waals surface area contributed by atoms with Crippen molar-refractivity contribution in [1.29, 1.82) is 0 Å². The SMILES string of the molecule is COC(=O)[C@@H](C)n1c(Cc2ccccc2)nc2ccccc21. The summed E-state index contributed by atoms with van der Waals surface area (Å²) in [5.41, 5.74) is 3.01. The average molecular weight is 294 g/mol. The number of para-hydroxylation sites is 2. The molecule has 0 unspecified atom stereocenters. The van der Waals surface area contributed by atoms with Gasteiger partial charge in [-0.3, -0.25) is 0 Å². The molecule has 1 heterocycles. The standard InChI is InChI=1S/C18H18N2O2/c1-13(18(21)22-2)20-16-11-7-6-10-15(16)19-17(20)12-14-8-4-3-5-9-14/h3-11,13H,12H2,1-2H3/t13-/m1/s1. The summed E-state index contributed by atoms with van der Waals surface area (Å²) in [7, 11) is 1.41. The Morgan fingerprint density at radius 2 is 1.82 bits per heavy atom. The van der Waals surface area contributed by atoms with E-state index in [0.29, 0.717) is 6.42 Å². The van der Waals surface area contributed by atoms with Gasteiger partial charge in [0.25, 0.3) is 0 Å². The molecule has 1 atom stereocenters. The molecule has 0 aliphatic heterocycles. The van der Waals surface area contributed by atoms with Gasteiger partial charge >= 0.3 is 5.97 Å². The number of imidazole rings is 1. The van der Waals surface area contributed by atoms with Crippen LogP contribution in [0.2, 0.25) is 0 Å². The Morgan fingerprint density at radius 1 is 1.14 bits per heavy atom. The second-order valence-corrected chi connectivity index (χ2v) is 5.25. The van der Waals surface area contributed by atoms with Gasteiger partial charge in [-0.25, -0.2) is 9.78 Å². The Labute approximate surface area is 129 Å². The number of carbonyl (C=O) groups is 1. The van der Waals surface area contributed by atoms with Crippen molar-refractivity contribution in [2.24, 2.45) is 0 Å². The van der Waals surface area contributed by atoms with Crippen LogP contribution in [0.1, 0.15) is 24.4 Å². The number of ether oxygens (including phenoxy) is 1. The summed E-state index contributed by atoms with van der Waals surface area (Å²) in [6.45, 7) is 1.84. The van der Waals surface area contributed by atoms with Gasteiger partial charge in [-0.05, 0) is 24.6 Å². The first-order valence-corrected chi connectivity index (χ1v) is 7.28. The molecule has 4 nitrogen and oxygen atoms in total. The third-order valence-corrected chi connectivity index (χ3v) is 3.80. The summed E-state index contributed by atoms with van der Waals surface area (Å²) in [5, 5.41) is 0. The Morgan fingerprint density at radius 3 is 2.55 bits per heavy atom. The highest BCUT2D eigenvalue weighted by atomic mass is 16.5. The lowest BCUT2D eigenvalue weighted by Crippen LogP contribution is -2.20. The van der Waals surface area contributed by atoms with Crippen LogP contribution in [0, 0.1) is 0 Å². The Hall–Kier alpha value is -2.62. The van der Waals surface area contributed by atoms with Crippen LogP contribution in [0.15, 0.2) is 54.6 Å². The van der Waals surface area contributed by atoms with Crippen molar-refractivity contribution in [3.63, 3.8) is 0 Å². The van der Waals surface area contributed by atoms with E-state index >= 15 is 0 Å². The van der Waals surface area contributed by atoms with Gasteiger partial charge in [-0.1, -0.05) is 42.5 Å². The van der Waals surface area contributed by atoms with Crippen molar-refractivity contribution in [2.45, 2.75) is 19.4 Å². The topological polar surface area (TPSA) is 44.1 Å². The lowest BCUT2D eigenvalue weighted by molar-refractivity contribution is -0.143. The Kier molecular flexibility index (Phi) is 3.92. The number of carbonyl (C=O) groups excluding carboxylic acids is 1. The minimum atomic E-state index is -0.406. The van der Waals surface area contributed by atoms with Crippen LogP contribution in [0.5, 0.6) is 0 Å². The molecule has 0 saturated carbocycles. The Bertz CT molecular complexity index is 793. The van der Waals surface area contributed by atoms with E-state index in [4.69, 9.17) is 9.72 Å². The second-order valence-electron chi connectivity index (χ2n) is 5.25. The predicted molar refractivity (Wildman–Crippen MR) is 85.7 cm³/mol. The van der Waals surface area contributed by atoms with Crippen LogP contribution < -0.4 is 0 Å². The maximum absolute atomic E-state index is 12.0. The fourth-order valence-corrected chi connectivity index (χ4v) is 2.71. The molecule has 0 N–H and O–H groups in total. The summed E-state index contributed by atoms with van der Waals surface area (Å²) in [4.78, 5) is 16.7. The summed E-state index contributed by atoms with van der Waals surface area (Å²) in [6, 6.07) is 17.6. The smallest absolute Gasteiger partial charge is 0.328 e. The molecule has 0 bridgehead atoms. The molecule has 0 aliphatic carbocycles. The highest BCUT2D eigenvalue weighted by Gasteiger charge is 2.21. The van der Waals surface area contributed by atoms with Crippen molar-refractivity contribution in [3.05, 3.63) is 66.0 Å². The first kappa shape index (κ1) is 14.3. The van der Waals surface area contributed by atoms with Crippen molar-refractivity contribution >= 4 is 17.0 Å². The predicted octanol–water partition coefficient (Wildman–Crippen LogP) is 3.36. The van der Waals surface area contributed by atoms with Crippen LogP contribution >= 0.6 is 0 Å². The van der Waals surface area contributed by atoms with E-state index in [1.165, 1.54) is 7.11 Å². The van der Waals surface area contributed by atoms with Gasteiger partial charge in [-0.2, -0.15) is 0 Å². The molecule has 0 amide bonds. The number of benzene rings is 2. The van der Waals surface area contributed by atoms with Crippen LogP contribution in [0.25, 0.3) is 11.0 Å². The first-order valence-electron chi connectivity index (χ1n) is 7.28. The normalized spacial score (nSPS) is 12.3. The molecule has 0 radical (unpaired) electrons. The van der Waals surface area contributed by atoms with Crippen molar-refractivity contribution in [2.75, 3.05) is 7.11 Å². The highest BCUT2D eigenvalue weighted by molar-refractivity contribution is 5.81. The molecule has 3 rings (SSSR count). The van der Waals surface area contributed by atoms with E-state index in [2.05, 4.69) is 12.1 Å². The van der Waals surface area contributed by atoms with Crippen LogP contribution in [0.4, 0.5) is 0 Å². The number of nitrogens with zero attached hydrogens (tertiary/aromatic N) is 2. The van der Waals surface area contributed by atoms with Crippen LogP contribution in [0.3, 0.4) is 0 Å².